The van der Waals surface area contributed by atoms with Gasteiger partial charge in [0.15, 0.2) is 0 Å². The minimum atomic E-state index is 0.223. The van der Waals surface area contributed by atoms with Gasteiger partial charge in [0, 0.05) is 0 Å². The van der Waals surface area contributed by atoms with Crippen molar-refractivity contribution in [1.82, 2.24) is 4.57 Å². The van der Waals surface area contributed by atoms with E-state index < -0.39 is 0 Å². The van der Waals surface area contributed by atoms with Gasteiger partial charge in [0.05, 0.1) is 0 Å². The van der Waals surface area contributed by atoms with Gasteiger partial charge >= 0.3 is 285 Å². The summed E-state index contributed by atoms with van der Waals surface area (Å²) in [4.78, 5) is 0. The molecule has 2 heterocycles. The Hall–Kier alpha value is -7.48. The molecule has 62 heavy (non-hydrogen) atoms. The summed E-state index contributed by atoms with van der Waals surface area (Å²) in [7, 11) is 0. The summed E-state index contributed by atoms with van der Waals surface area (Å²) < 4.78 is 5.37. The molecule has 0 spiro atoms. The molecule has 0 N–H and O–H groups in total. The van der Waals surface area contributed by atoms with Crippen LogP contribution in [0.3, 0.4) is 0 Å². The number of benzene rings is 10. The van der Waals surface area contributed by atoms with Gasteiger partial charge in [0.2, 0.25) is 0 Å². The van der Waals surface area contributed by atoms with Crippen molar-refractivity contribution in [2.24, 2.45) is 0 Å². The van der Waals surface area contributed by atoms with Gasteiger partial charge in [-0.2, -0.15) is 0 Å². The molecule has 0 fully saturated rings. The van der Waals surface area contributed by atoms with Gasteiger partial charge in [-0.05, 0) is 11.1 Å². The molecule has 0 bridgehead atoms. The third-order valence-electron chi connectivity index (χ3n) is 12.4. The van der Waals surface area contributed by atoms with Crippen molar-refractivity contribution in [3.05, 3.63) is 237 Å². The summed E-state index contributed by atoms with van der Waals surface area (Å²) in [6.45, 7) is 0. The molecular weight excluding hydrogens is 814 g/mol. The third kappa shape index (κ3) is 6.41. The van der Waals surface area contributed by atoms with E-state index in [1.165, 1.54) is 108 Å². The molecule has 12 aromatic rings. The average Bonchev–Trinajstić information content (AvgIpc) is 3.90. The molecule has 290 valence electrons. The second kappa shape index (κ2) is 15.2. The van der Waals surface area contributed by atoms with Crippen molar-refractivity contribution in [3.63, 3.8) is 0 Å². The first kappa shape index (κ1) is 36.4. The molecule has 2 heteroatoms. The van der Waals surface area contributed by atoms with Gasteiger partial charge < -0.3 is 0 Å². The maximum absolute atomic E-state index is 2.44. The van der Waals surface area contributed by atoms with Crippen LogP contribution in [-0.4, -0.2) is 19.1 Å². The summed E-state index contributed by atoms with van der Waals surface area (Å²) in [6.07, 6.45) is 0. The van der Waals surface area contributed by atoms with Gasteiger partial charge in [-0.3, -0.25) is 0 Å². The van der Waals surface area contributed by atoms with Crippen molar-refractivity contribution in [1.29, 1.82) is 0 Å². The van der Waals surface area contributed by atoms with Gasteiger partial charge in [-0.25, -0.2) is 0 Å². The Balaban J connectivity index is 1.09. The van der Waals surface area contributed by atoms with E-state index in [1.54, 1.807) is 0 Å². The van der Waals surface area contributed by atoms with E-state index in [2.05, 4.69) is 241 Å². The minimum absolute atomic E-state index is 0.223. The van der Waals surface area contributed by atoms with Crippen molar-refractivity contribution in [2.75, 3.05) is 0 Å². The van der Waals surface area contributed by atoms with Crippen LogP contribution in [0.25, 0.3) is 114 Å². The second-order valence-electron chi connectivity index (χ2n) is 16.1. The zero-order valence-corrected chi connectivity index (χ0v) is 35.6. The Morgan fingerprint density at radius 3 is 1.32 bits per heavy atom. The van der Waals surface area contributed by atoms with Gasteiger partial charge in [0.1, 0.15) is 0 Å². The average molecular weight is 853 g/mol. The fraction of sp³-hybridized carbons (Fsp3) is 0. The molecule has 2 aromatic heterocycles. The zero-order valence-electron chi connectivity index (χ0n) is 33.9. The SMILES string of the molecule is c1ccc(-c2cccc(-c3cc(-c4ccc5c(c4)c4cc(-c6ccccc6)ccc4n5-c4cccc(-c5ccccc5)c4)cc(-c4cccc5c4[se]c4ccccc45)c3)c2)cc1. The topological polar surface area (TPSA) is 4.93 Å². The summed E-state index contributed by atoms with van der Waals surface area (Å²) >= 11 is 0.223. The molecule has 1 nitrogen and oxygen atoms in total. The van der Waals surface area contributed by atoms with Crippen molar-refractivity contribution in [3.8, 4) is 72.4 Å². The van der Waals surface area contributed by atoms with Crippen molar-refractivity contribution >= 4 is 55.6 Å². The molecule has 0 aliphatic rings. The molecule has 0 aliphatic heterocycles. The van der Waals surface area contributed by atoms with Crippen LogP contribution >= 0.6 is 0 Å². The Labute approximate surface area is 367 Å². The molecular formula is C60H39NSe. The van der Waals surface area contributed by atoms with Crippen LogP contribution < -0.4 is 0 Å². The monoisotopic (exact) mass is 853 g/mol. The molecule has 0 radical (unpaired) electrons. The molecule has 0 unspecified atom stereocenters. The first-order valence-electron chi connectivity index (χ1n) is 21.2. The van der Waals surface area contributed by atoms with Crippen molar-refractivity contribution < 1.29 is 0 Å². The predicted octanol–water partition coefficient (Wildman–Crippen LogP) is 16.1. The molecule has 12 rings (SSSR count). The van der Waals surface area contributed by atoms with E-state index >= 15 is 0 Å². The Morgan fingerprint density at radius 2 is 0.694 bits per heavy atom. The first-order chi connectivity index (χ1) is 30.7. The van der Waals surface area contributed by atoms with Gasteiger partial charge in [0.25, 0.3) is 0 Å². The molecule has 10 aromatic carbocycles. The van der Waals surface area contributed by atoms with E-state index in [0.29, 0.717) is 0 Å². The van der Waals surface area contributed by atoms with Crippen LogP contribution in [0.2, 0.25) is 0 Å². The Morgan fingerprint density at radius 1 is 0.258 bits per heavy atom. The van der Waals surface area contributed by atoms with Crippen molar-refractivity contribution in [2.45, 2.75) is 0 Å². The van der Waals surface area contributed by atoms with E-state index in [4.69, 9.17) is 0 Å². The molecule has 0 saturated carbocycles. The zero-order chi connectivity index (χ0) is 41.0. The molecule has 0 amide bonds. The number of rotatable bonds is 7. The Kier molecular flexibility index (Phi) is 8.92. The number of aromatic nitrogens is 1. The maximum atomic E-state index is 2.44. The molecule has 0 atom stereocenters. The number of hydrogen-bond donors (Lipinski definition) is 0. The van der Waals surface area contributed by atoms with E-state index in [-0.39, 0.29) is 14.5 Å². The number of fused-ring (bicyclic) bond motifs is 6. The third-order valence-corrected chi connectivity index (χ3v) is 14.9. The standard InChI is InChI=1S/C60H39NSe/c1-4-15-40(16-5-1)43-21-12-22-44(33-43)48-34-49(36-50(35-48)52-26-14-27-54-53-25-10-11-28-59(53)62-60(52)54)47-30-32-58-56(39-47)55-38-46(42-19-8-3-9-20-42)29-31-57(55)61(58)51-24-13-23-45(37-51)41-17-6-2-7-18-41/h1-39H. The van der Waals surface area contributed by atoms with E-state index in [0.717, 1.165) is 5.69 Å². The number of hydrogen-bond acceptors (Lipinski definition) is 0. The van der Waals surface area contributed by atoms with Crippen LogP contribution in [0.5, 0.6) is 0 Å². The fourth-order valence-electron chi connectivity index (χ4n) is 9.35. The van der Waals surface area contributed by atoms with Crippen LogP contribution in [0, 0.1) is 0 Å². The second-order valence-corrected chi connectivity index (χ2v) is 18.3. The fourth-order valence-corrected chi connectivity index (χ4v) is 11.9. The summed E-state index contributed by atoms with van der Waals surface area (Å²) in [5.74, 6) is 0. The quantitative estimate of drug-likeness (QED) is 0.141. The van der Waals surface area contributed by atoms with E-state index in [9.17, 15) is 0 Å². The first-order valence-corrected chi connectivity index (χ1v) is 22.9. The normalized spacial score (nSPS) is 11.5. The Bertz CT molecular complexity index is 3610. The molecule has 0 saturated heterocycles. The summed E-state index contributed by atoms with van der Waals surface area (Å²) in [5, 5.41) is 5.22. The van der Waals surface area contributed by atoms with E-state index in [1.807, 2.05) is 0 Å². The summed E-state index contributed by atoms with van der Waals surface area (Å²) in [5.41, 5.74) is 18.2. The summed E-state index contributed by atoms with van der Waals surface area (Å²) in [6, 6.07) is 87.2. The molecule has 0 aliphatic carbocycles. The predicted molar refractivity (Wildman–Crippen MR) is 265 cm³/mol. The van der Waals surface area contributed by atoms with Gasteiger partial charge in [-0.1, -0.05) is 72.8 Å². The van der Waals surface area contributed by atoms with Crippen LogP contribution in [0.4, 0.5) is 0 Å². The van der Waals surface area contributed by atoms with Gasteiger partial charge in [-0.15, -0.1) is 0 Å². The van der Waals surface area contributed by atoms with Crippen LogP contribution in [0.15, 0.2) is 237 Å². The van der Waals surface area contributed by atoms with Crippen LogP contribution in [-0.2, 0) is 0 Å². The number of nitrogens with zero attached hydrogens (tertiary/aromatic N) is 1. The van der Waals surface area contributed by atoms with Crippen LogP contribution in [0.1, 0.15) is 0 Å².